The van der Waals surface area contributed by atoms with Crippen molar-refractivity contribution in [2.45, 2.75) is 44.2 Å². The highest BCUT2D eigenvalue weighted by atomic mass is 19.1. The molecule has 3 aliphatic heterocycles. The molecular formula is C27H27FN4O4. The third-order valence-electron chi connectivity index (χ3n) is 7.46. The largest absolute Gasteiger partial charge is 0.377 e. The number of aldehydes is 2. The van der Waals surface area contributed by atoms with Gasteiger partial charge >= 0.3 is 0 Å². The topological polar surface area (TPSA) is 84.7 Å². The Labute approximate surface area is 207 Å². The van der Waals surface area contributed by atoms with E-state index in [1.807, 2.05) is 18.3 Å². The van der Waals surface area contributed by atoms with Crippen LogP contribution in [0.2, 0.25) is 0 Å². The molecule has 36 heavy (non-hydrogen) atoms. The number of pyridine rings is 1. The van der Waals surface area contributed by atoms with Crippen LogP contribution in [0.25, 0.3) is 22.3 Å². The van der Waals surface area contributed by atoms with Gasteiger partial charge in [0.05, 0.1) is 31.0 Å². The molecule has 1 unspecified atom stereocenters. The second kappa shape index (κ2) is 9.22. The first-order chi connectivity index (χ1) is 17.6. The standard InChI is InChI=1S/C27H27FN4O4/c28-20-12-30(13-20)10-19-9-25(29-26-23(19)5-6-31(26)22-15-36-16-22)17-3-4-24-18(8-17)11-32(27(24)35)21(14-34)2-1-7-33/h3-9,14,20-22H,1-2,10-13,15-16H2. The van der Waals surface area contributed by atoms with Crippen molar-refractivity contribution in [3.05, 3.63) is 53.2 Å². The molecule has 3 aliphatic rings. The molecule has 2 aromatic heterocycles. The van der Waals surface area contributed by atoms with Gasteiger partial charge in [-0.3, -0.25) is 9.69 Å². The lowest BCUT2D eigenvalue weighted by molar-refractivity contribution is -0.112. The van der Waals surface area contributed by atoms with Gasteiger partial charge in [0.1, 0.15) is 24.4 Å². The van der Waals surface area contributed by atoms with E-state index in [1.165, 1.54) is 4.90 Å². The molecule has 186 valence electrons. The second-order valence-corrected chi connectivity index (χ2v) is 9.86. The average Bonchev–Trinajstić information content (AvgIpc) is 3.39. The zero-order chi connectivity index (χ0) is 24.8. The van der Waals surface area contributed by atoms with Gasteiger partial charge in [-0.1, -0.05) is 6.07 Å². The maximum Gasteiger partial charge on any atom is 0.255 e. The normalized spacial score (nSPS) is 19.2. The van der Waals surface area contributed by atoms with Crippen LogP contribution in [0.15, 0.2) is 36.5 Å². The molecule has 0 N–H and O–H groups in total. The van der Waals surface area contributed by atoms with Gasteiger partial charge in [-0.05, 0) is 41.8 Å². The molecule has 1 amide bonds. The monoisotopic (exact) mass is 490 g/mol. The van der Waals surface area contributed by atoms with Gasteiger partial charge in [0.2, 0.25) is 0 Å². The molecule has 0 spiro atoms. The molecule has 1 atom stereocenters. The number of nitrogens with zero attached hydrogens (tertiary/aromatic N) is 4. The summed E-state index contributed by atoms with van der Waals surface area (Å²) in [7, 11) is 0. The molecule has 6 rings (SSSR count). The Morgan fingerprint density at radius 2 is 2.00 bits per heavy atom. The number of alkyl halides is 1. The first-order valence-corrected chi connectivity index (χ1v) is 12.3. The molecular weight excluding hydrogens is 463 g/mol. The van der Waals surface area contributed by atoms with Crippen LogP contribution in [0, 0.1) is 0 Å². The van der Waals surface area contributed by atoms with Crippen molar-refractivity contribution in [1.82, 2.24) is 19.4 Å². The van der Waals surface area contributed by atoms with Gasteiger partial charge in [-0.15, -0.1) is 0 Å². The third kappa shape index (κ3) is 3.92. The molecule has 3 aromatic rings. The van der Waals surface area contributed by atoms with Crippen LogP contribution in [0.3, 0.4) is 0 Å². The Kier molecular flexibility index (Phi) is 5.89. The highest BCUT2D eigenvalue weighted by Gasteiger charge is 2.33. The Morgan fingerprint density at radius 1 is 1.17 bits per heavy atom. The van der Waals surface area contributed by atoms with Crippen LogP contribution < -0.4 is 0 Å². The van der Waals surface area contributed by atoms with Crippen molar-refractivity contribution in [1.29, 1.82) is 0 Å². The number of halogens is 1. The summed E-state index contributed by atoms with van der Waals surface area (Å²) >= 11 is 0. The number of benzene rings is 1. The van der Waals surface area contributed by atoms with E-state index >= 15 is 0 Å². The lowest BCUT2D eigenvalue weighted by Crippen LogP contribution is -2.47. The van der Waals surface area contributed by atoms with Crippen LogP contribution in [-0.2, 0) is 27.4 Å². The Bertz CT molecular complexity index is 1350. The molecule has 5 heterocycles. The van der Waals surface area contributed by atoms with Gasteiger partial charge in [-0.25, -0.2) is 9.37 Å². The smallest absolute Gasteiger partial charge is 0.255 e. The molecule has 9 heteroatoms. The fourth-order valence-electron chi connectivity index (χ4n) is 5.34. The molecule has 0 bridgehead atoms. The number of hydrogen-bond donors (Lipinski definition) is 0. The number of hydrogen-bond acceptors (Lipinski definition) is 6. The van der Waals surface area contributed by atoms with Crippen molar-refractivity contribution in [2.24, 2.45) is 0 Å². The minimum absolute atomic E-state index is 0.193. The molecule has 8 nitrogen and oxygen atoms in total. The van der Waals surface area contributed by atoms with Gasteiger partial charge in [0, 0.05) is 55.3 Å². The maximum atomic E-state index is 13.5. The van der Waals surface area contributed by atoms with E-state index in [0.717, 1.165) is 46.0 Å². The van der Waals surface area contributed by atoms with Crippen LogP contribution in [-0.4, -0.2) is 76.3 Å². The van der Waals surface area contributed by atoms with E-state index in [9.17, 15) is 18.8 Å². The van der Waals surface area contributed by atoms with Crippen molar-refractivity contribution in [2.75, 3.05) is 26.3 Å². The molecule has 0 aliphatic carbocycles. The highest BCUT2D eigenvalue weighted by molar-refractivity contribution is 6.00. The number of carbonyl (C=O) groups excluding carboxylic acids is 3. The number of fused-ring (bicyclic) bond motifs is 2. The Balaban J connectivity index is 1.36. The SMILES string of the molecule is O=CCCC(C=O)N1Cc2cc(-c3cc(CN4CC(F)C4)c4ccn(C5COC5)c4n3)ccc2C1=O. The van der Waals surface area contributed by atoms with Crippen LogP contribution in [0.4, 0.5) is 4.39 Å². The number of amides is 1. The van der Waals surface area contributed by atoms with Crippen LogP contribution >= 0.6 is 0 Å². The summed E-state index contributed by atoms with van der Waals surface area (Å²) in [5, 5.41) is 1.06. The molecule has 2 saturated heterocycles. The third-order valence-corrected chi connectivity index (χ3v) is 7.46. The van der Waals surface area contributed by atoms with Gasteiger partial charge in [0.15, 0.2) is 0 Å². The van der Waals surface area contributed by atoms with E-state index in [4.69, 9.17) is 9.72 Å². The number of rotatable bonds is 9. The van der Waals surface area contributed by atoms with Crippen molar-refractivity contribution >= 4 is 29.5 Å². The molecule has 0 saturated carbocycles. The first-order valence-electron chi connectivity index (χ1n) is 12.3. The Hall–Kier alpha value is -3.43. The highest BCUT2D eigenvalue weighted by Crippen LogP contribution is 2.34. The van der Waals surface area contributed by atoms with E-state index in [0.29, 0.717) is 51.4 Å². The quantitative estimate of drug-likeness (QED) is 0.429. The summed E-state index contributed by atoms with van der Waals surface area (Å²) in [6, 6.07) is 9.41. The summed E-state index contributed by atoms with van der Waals surface area (Å²) in [4.78, 5) is 44.0. The van der Waals surface area contributed by atoms with E-state index in [-0.39, 0.29) is 18.4 Å². The van der Waals surface area contributed by atoms with Gasteiger partial charge in [-0.2, -0.15) is 0 Å². The number of carbonyl (C=O) groups is 3. The van der Waals surface area contributed by atoms with Gasteiger partial charge < -0.3 is 23.8 Å². The van der Waals surface area contributed by atoms with Crippen molar-refractivity contribution < 1.29 is 23.5 Å². The number of ether oxygens (including phenoxy) is 1. The zero-order valence-corrected chi connectivity index (χ0v) is 19.8. The minimum atomic E-state index is -0.766. The lowest BCUT2D eigenvalue weighted by Gasteiger charge is -2.34. The van der Waals surface area contributed by atoms with Crippen molar-refractivity contribution in [3.63, 3.8) is 0 Å². The average molecular weight is 491 g/mol. The summed E-state index contributed by atoms with van der Waals surface area (Å²) < 4.78 is 21.0. The van der Waals surface area contributed by atoms with Crippen molar-refractivity contribution in [3.8, 4) is 11.3 Å². The fraction of sp³-hybridized carbons (Fsp3) is 0.407. The number of likely N-dealkylation sites (tertiary alicyclic amines) is 1. The number of aromatic nitrogens is 2. The minimum Gasteiger partial charge on any atom is -0.377 e. The molecule has 1 aromatic carbocycles. The second-order valence-electron chi connectivity index (χ2n) is 9.86. The van der Waals surface area contributed by atoms with Crippen LogP contribution in [0.1, 0.15) is 40.4 Å². The van der Waals surface area contributed by atoms with E-state index in [2.05, 4.69) is 21.6 Å². The van der Waals surface area contributed by atoms with Crippen LogP contribution in [0.5, 0.6) is 0 Å². The lowest BCUT2D eigenvalue weighted by atomic mass is 10.0. The first kappa shape index (κ1) is 23.0. The fourth-order valence-corrected chi connectivity index (χ4v) is 5.34. The predicted octanol–water partition coefficient (Wildman–Crippen LogP) is 2.93. The Morgan fingerprint density at radius 3 is 2.69 bits per heavy atom. The zero-order valence-electron chi connectivity index (χ0n) is 19.8. The maximum absolute atomic E-state index is 13.5. The summed E-state index contributed by atoms with van der Waals surface area (Å²) in [5.41, 5.74) is 5.05. The summed E-state index contributed by atoms with van der Waals surface area (Å²) in [5.74, 6) is -0.193. The summed E-state index contributed by atoms with van der Waals surface area (Å²) in [6.07, 6.45) is 3.34. The predicted molar refractivity (Wildman–Crippen MR) is 130 cm³/mol. The summed E-state index contributed by atoms with van der Waals surface area (Å²) in [6.45, 7) is 3.15. The van der Waals surface area contributed by atoms with E-state index < -0.39 is 12.2 Å². The molecule has 0 radical (unpaired) electrons. The molecule has 2 fully saturated rings. The van der Waals surface area contributed by atoms with Gasteiger partial charge in [0.25, 0.3) is 5.91 Å². The van der Waals surface area contributed by atoms with E-state index in [1.54, 1.807) is 6.07 Å².